The standard InChI is InChI=1S/C23H23N3O3/c1-2-29-23(28)22-19-16-25(21(27)15-17-9-5-3-6-10-17)14-13-20(19)26(24-22)18-11-7-4-8-12-18/h3-12H,2,13-16H2,1H3. The molecule has 0 atom stereocenters. The normalized spacial score (nSPS) is 13.1. The van der Waals surface area contributed by atoms with Crippen LogP contribution in [-0.4, -0.2) is 39.7 Å². The number of rotatable bonds is 5. The number of hydrogen-bond acceptors (Lipinski definition) is 4. The largest absolute Gasteiger partial charge is 0.461 e. The Bertz CT molecular complexity index is 1010. The van der Waals surface area contributed by atoms with E-state index < -0.39 is 5.97 Å². The predicted octanol–water partition coefficient (Wildman–Crippen LogP) is 3.18. The van der Waals surface area contributed by atoms with Crippen molar-refractivity contribution >= 4 is 11.9 Å². The third kappa shape index (κ3) is 3.92. The van der Waals surface area contributed by atoms with Gasteiger partial charge in [0, 0.05) is 25.1 Å². The molecule has 0 saturated heterocycles. The van der Waals surface area contributed by atoms with Crippen LogP contribution in [0.3, 0.4) is 0 Å². The van der Waals surface area contributed by atoms with Gasteiger partial charge in [-0.1, -0.05) is 48.5 Å². The Hall–Kier alpha value is -3.41. The summed E-state index contributed by atoms with van der Waals surface area (Å²) < 4.78 is 7.02. The van der Waals surface area contributed by atoms with E-state index in [1.807, 2.05) is 60.7 Å². The number of ether oxygens (including phenoxy) is 1. The molecule has 0 unspecified atom stereocenters. The van der Waals surface area contributed by atoms with Gasteiger partial charge in [0.15, 0.2) is 5.69 Å². The van der Waals surface area contributed by atoms with E-state index in [0.29, 0.717) is 31.6 Å². The van der Waals surface area contributed by atoms with Crippen molar-refractivity contribution in [2.24, 2.45) is 0 Å². The van der Waals surface area contributed by atoms with Crippen molar-refractivity contribution in [1.82, 2.24) is 14.7 Å². The van der Waals surface area contributed by atoms with Crippen molar-refractivity contribution in [3.05, 3.63) is 83.2 Å². The van der Waals surface area contributed by atoms with Crippen molar-refractivity contribution < 1.29 is 14.3 Å². The summed E-state index contributed by atoms with van der Waals surface area (Å²) in [5, 5.41) is 4.56. The lowest BCUT2D eigenvalue weighted by molar-refractivity contribution is -0.131. The molecule has 6 heteroatoms. The number of fused-ring (bicyclic) bond motifs is 1. The smallest absolute Gasteiger partial charge is 0.359 e. The Kier molecular flexibility index (Phi) is 5.42. The molecule has 1 aliphatic rings. The van der Waals surface area contributed by atoms with Gasteiger partial charge in [0.2, 0.25) is 5.91 Å². The van der Waals surface area contributed by atoms with E-state index in [2.05, 4.69) is 5.10 Å². The third-order valence-electron chi connectivity index (χ3n) is 5.08. The molecule has 0 fully saturated rings. The fourth-order valence-electron chi connectivity index (χ4n) is 3.66. The lowest BCUT2D eigenvalue weighted by atomic mass is 10.0. The molecule has 6 nitrogen and oxygen atoms in total. The third-order valence-corrected chi connectivity index (χ3v) is 5.08. The molecule has 0 aliphatic carbocycles. The lowest BCUT2D eigenvalue weighted by Gasteiger charge is -2.28. The van der Waals surface area contributed by atoms with Gasteiger partial charge in [-0.25, -0.2) is 9.48 Å². The first-order valence-corrected chi connectivity index (χ1v) is 9.82. The highest BCUT2D eigenvalue weighted by Crippen LogP contribution is 2.26. The average Bonchev–Trinajstić information content (AvgIpc) is 3.14. The van der Waals surface area contributed by atoms with Gasteiger partial charge in [-0.3, -0.25) is 4.79 Å². The monoisotopic (exact) mass is 389 g/mol. The minimum Gasteiger partial charge on any atom is -0.461 e. The number of carbonyl (C=O) groups is 2. The van der Waals surface area contributed by atoms with Gasteiger partial charge in [0.05, 0.1) is 24.4 Å². The summed E-state index contributed by atoms with van der Waals surface area (Å²) in [6.45, 7) is 3.01. The zero-order valence-corrected chi connectivity index (χ0v) is 16.4. The second-order valence-electron chi connectivity index (χ2n) is 6.97. The summed E-state index contributed by atoms with van der Waals surface area (Å²) in [7, 11) is 0. The summed E-state index contributed by atoms with van der Waals surface area (Å²) in [6, 6.07) is 19.4. The van der Waals surface area contributed by atoms with Gasteiger partial charge in [-0.05, 0) is 24.6 Å². The van der Waals surface area contributed by atoms with E-state index in [-0.39, 0.29) is 12.5 Å². The predicted molar refractivity (Wildman–Crippen MR) is 109 cm³/mol. The molecule has 0 N–H and O–H groups in total. The molecule has 0 bridgehead atoms. The van der Waals surface area contributed by atoms with Gasteiger partial charge in [0.25, 0.3) is 0 Å². The molecule has 1 amide bonds. The van der Waals surface area contributed by atoms with Crippen LogP contribution in [-0.2, 0) is 28.9 Å². The number of benzene rings is 2. The Labute approximate surface area is 169 Å². The van der Waals surface area contributed by atoms with E-state index in [4.69, 9.17) is 4.74 Å². The van der Waals surface area contributed by atoms with Crippen LogP contribution >= 0.6 is 0 Å². The van der Waals surface area contributed by atoms with Gasteiger partial charge in [-0.15, -0.1) is 0 Å². The molecule has 2 aromatic carbocycles. The molecular weight excluding hydrogens is 366 g/mol. The molecule has 2 heterocycles. The molecular formula is C23H23N3O3. The van der Waals surface area contributed by atoms with E-state index >= 15 is 0 Å². The van der Waals surface area contributed by atoms with E-state index in [9.17, 15) is 9.59 Å². The minimum absolute atomic E-state index is 0.0455. The highest BCUT2D eigenvalue weighted by molar-refractivity contribution is 5.90. The van der Waals surface area contributed by atoms with Gasteiger partial charge in [0.1, 0.15) is 0 Å². The Morgan fingerprint density at radius 3 is 2.41 bits per heavy atom. The van der Waals surface area contributed by atoms with Crippen molar-refractivity contribution in [2.75, 3.05) is 13.2 Å². The maximum atomic E-state index is 12.8. The average molecular weight is 389 g/mol. The van der Waals surface area contributed by atoms with E-state index in [1.165, 1.54) is 0 Å². The Morgan fingerprint density at radius 2 is 1.72 bits per heavy atom. The SMILES string of the molecule is CCOC(=O)c1nn(-c2ccccc2)c2c1CN(C(=O)Cc1ccccc1)CC2. The number of nitrogens with zero attached hydrogens (tertiary/aromatic N) is 3. The quantitative estimate of drug-likeness (QED) is 0.629. The molecule has 148 valence electrons. The minimum atomic E-state index is -0.448. The molecule has 0 spiro atoms. The maximum absolute atomic E-state index is 12.8. The van der Waals surface area contributed by atoms with Crippen LogP contribution in [0.4, 0.5) is 0 Å². The number of hydrogen-bond donors (Lipinski definition) is 0. The fraction of sp³-hybridized carbons (Fsp3) is 0.261. The molecule has 4 rings (SSSR count). The first-order chi connectivity index (χ1) is 14.2. The van der Waals surface area contributed by atoms with Crippen molar-refractivity contribution in [3.8, 4) is 5.69 Å². The number of aromatic nitrogens is 2. The molecule has 1 aromatic heterocycles. The second kappa shape index (κ2) is 8.31. The second-order valence-corrected chi connectivity index (χ2v) is 6.97. The summed E-state index contributed by atoms with van der Waals surface area (Å²) in [5.74, 6) is -0.403. The maximum Gasteiger partial charge on any atom is 0.359 e. The summed E-state index contributed by atoms with van der Waals surface area (Å²) in [6.07, 6.45) is 0.981. The summed E-state index contributed by atoms with van der Waals surface area (Å²) in [4.78, 5) is 27.2. The molecule has 3 aromatic rings. The van der Waals surface area contributed by atoms with Crippen LogP contribution in [0.2, 0.25) is 0 Å². The van der Waals surface area contributed by atoms with Gasteiger partial charge >= 0.3 is 5.97 Å². The molecule has 1 aliphatic heterocycles. The number of carbonyl (C=O) groups excluding carboxylic acids is 2. The van der Waals surface area contributed by atoms with Crippen LogP contribution in [0.15, 0.2) is 60.7 Å². The van der Waals surface area contributed by atoms with Gasteiger partial charge in [-0.2, -0.15) is 5.10 Å². The number of para-hydroxylation sites is 1. The number of amides is 1. The van der Waals surface area contributed by atoms with E-state index in [0.717, 1.165) is 22.5 Å². The van der Waals surface area contributed by atoms with Crippen molar-refractivity contribution in [1.29, 1.82) is 0 Å². The van der Waals surface area contributed by atoms with Crippen LogP contribution in [0.5, 0.6) is 0 Å². The first-order valence-electron chi connectivity index (χ1n) is 9.82. The van der Waals surface area contributed by atoms with Crippen LogP contribution in [0, 0.1) is 0 Å². The Balaban J connectivity index is 1.64. The summed E-state index contributed by atoms with van der Waals surface area (Å²) in [5.41, 5.74) is 3.91. The zero-order valence-electron chi connectivity index (χ0n) is 16.4. The van der Waals surface area contributed by atoms with E-state index in [1.54, 1.807) is 16.5 Å². The topological polar surface area (TPSA) is 64.4 Å². The van der Waals surface area contributed by atoms with Gasteiger partial charge < -0.3 is 9.64 Å². The van der Waals surface area contributed by atoms with Crippen LogP contribution in [0.25, 0.3) is 5.69 Å². The first kappa shape index (κ1) is 18.9. The molecule has 0 radical (unpaired) electrons. The Morgan fingerprint density at radius 1 is 1.03 bits per heavy atom. The zero-order chi connectivity index (χ0) is 20.2. The number of esters is 1. The molecule has 29 heavy (non-hydrogen) atoms. The van der Waals surface area contributed by atoms with Crippen molar-refractivity contribution in [3.63, 3.8) is 0 Å². The fourth-order valence-corrected chi connectivity index (χ4v) is 3.66. The highest BCUT2D eigenvalue weighted by atomic mass is 16.5. The van der Waals surface area contributed by atoms with Crippen LogP contribution < -0.4 is 0 Å². The highest BCUT2D eigenvalue weighted by Gasteiger charge is 2.31. The lowest BCUT2D eigenvalue weighted by Crippen LogP contribution is -2.37. The molecule has 0 saturated carbocycles. The van der Waals surface area contributed by atoms with Crippen molar-refractivity contribution in [2.45, 2.75) is 26.3 Å². The van der Waals surface area contributed by atoms with Crippen LogP contribution in [0.1, 0.15) is 34.2 Å². The summed E-state index contributed by atoms with van der Waals surface area (Å²) >= 11 is 0.